The summed E-state index contributed by atoms with van der Waals surface area (Å²) in [4.78, 5) is 30.0. The molecule has 10 nitrogen and oxygen atoms in total. The normalized spacial score (nSPS) is 18.5. The molecule has 5 N–H and O–H groups in total. The summed E-state index contributed by atoms with van der Waals surface area (Å²) in [6.07, 6.45) is 1.67. The molecular weight excluding hydrogens is 717 g/mol. The quantitative estimate of drug-likeness (QED) is 0.0733. The van der Waals surface area contributed by atoms with Gasteiger partial charge in [0.25, 0.3) is 0 Å². The Bertz CT molecular complexity index is 2360. The molecule has 57 heavy (non-hydrogen) atoms. The molecule has 1 aromatic heterocycles. The number of hydrogen-bond acceptors (Lipinski definition) is 8. The van der Waals surface area contributed by atoms with Gasteiger partial charge >= 0.3 is 6.09 Å². The number of benzene rings is 5. The number of phenols is 1. The van der Waals surface area contributed by atoms with Crippen LogP contribution in [0.4, 0.5) is 4.79 Å². The first kappa shape index (κ1) is 38.0. The van der Waals surface area contributed by atoms with Crippen molar-refractivity contribution in [2.75, 3.05) is 32.7 Å². The molecule has 1 amide bonds. The number of fused-ring (bicyclic) bond motifs is 4. The number of alkyl carbamates (subject to hydrolysis) is 1. The fraction of sp³-hybridized carbons (Fsp3) is 0.277. The number of carbonyl (C=O) groups excluding carboxylic acids is 1. The van der Waals surface area contributed by atoms with Gasteiger partial charge < -0.3 is 35.3 Å². The highest BCUT2D eigenvalue weighted by Crippen LogP contribution is 2.32. The summed E-state index contributed by atoms with van der Waals surface area (Å²) >= 11 is 0. The van der Waals surface area contributed by atoms with Gasteiger partial charge in [0.05, 0.1) is 17.7 Å². The minimum atomic E-state index is -0.806. The van der Waals surface area contributed by atoms with Crippen LogP contribution in [0.3, 0.4) is 0 Å². The summed E-state index contributed by atoms with van der Waals surface area (Å²) in [7, 11) is 0. The third kappa shape index (κ3) is 9.21. The van der Waals surface area contributed by atoms with Gasteiger partial charge in [-0.05, 0) is 114 Å². The number of nitrogens with zero attached hydrogens (tertiary/aromatic N) is 1. The molecule has 9 rings (SSSR count). The van der Waals surface area contributed by atoms with E-state index in [0.29, 0.717) is 47.8 Å². The van der Waals surface area contributed by atoms with Gasteiger partial charge in [-0.3, -0.25) is 9.69 Å². The molecule has 3 atom stereocenters. The lowest BCUT2D eigenvalue weighted by Crippen LogP contribution is -2.52. The van der Waals surface area contributed by atoms with Crippen molar-refractivity contribution in [3.63, 3.8) is 0 Å². The van der Waals surface area contributed by atoms with E-state index in [2.05, 4.69) is 63.0 Å². The summed E-state index contributed by atoms with van der Waals surface area (Å²) in [5.41, 5.74) is 6.93. The maximum absolute atomic E-state index is 13.3. The van der Waals surface area contributed by atoms with Gasteiger partial charge in [-0.25, -0.2) is 4.79 Å². The van der Waals surface area contributed by atoms with E-state index in [4.69, 9.17) is 9.47 Å². The molecule has 2 bridgehead atoms. The molecule has 3 fully saturated rings. The lowest BCUT2D eigenvalue weighted by Gasteiger charge is -2.43. The predicted molar refractivity (Wildman–Crippen MR) is 221 cm³/mol. The van der Waals surface area contributed by atoms with E-state index in [1.165, 1.54) is 17.7 Å². The van der Waals surface area contributed by atoms with Gasteiger partial charge in [-0.1, -0.05) is 91.0 Å². The number of aliphatic hydroxyl groups excluding tert-OH is 1. The van der Waals surface area contributed by atoms with Crippen molar-refractivity contribution in [1.82, 2.24) is 20.5 Å². The average Bonchev–Trinajstić information content (AvgIpc) is 3.25. The van der Waals surface area contributed by atoms with Gasteiger partial charge in [-0.2, -0.15) is 0 Å². The third-order valence-electron chi connectivity index (χ3n) is 11.3. The number of piperidine rings is 3. The molecule has 3 saturated heterocycles. The van der Waals surface area contributed by atoms with Crippen molar-refractivity contribution >= 4 is 17.0 Å². The van der Waals surface area contributed by atoms with Crippen LogP contribution in [-0.2, 0) is 17.8 Å². The van der Waals surface area contributed by atoms with E-state index in [-0.39, 0.29) is 17.4 Å². The number of amides is 1. The largest absolute Gasteiger partial charge is 0.506 e. The first-order valence-corrected chi connectivity index (χ1v) is 19.8. The van der Waals surface area contributed by atoms with Gasteiger partial charge in [0.15, 0.2) is 0 Å². The number of phenolic OH excluding ortho intramolecular Hbond substituents is 1. The van der Waals surface area contributed by atoms with Crippen LogP contribution < -0.4 is 20.9 Å². The van der Waals surface area contributed by atoms with Gasteiger partial charge in [-0.15, -0.1) is 0 Å². The molecule has 0 spiro atoms. The molecule has 5 aromatic carbocycles. The monoisotopic (exact) mass is 764 g/mol. The second-order valence-electron chi connectivity index (χ2n) is 15.1. The minimum Gasteiger partial charge on any atom is -0.506 e. The fourth-order valence-electron chi connectivity index (χ4n) is 8.12. The SMILES string of the molecule is O=C(NC(c1ccccc1)c1cccc(OCc2cccc(-c3ccc(CCNC[C@H](O)c4ccc(O)c5[nH]c(=O)ccc45)cc3)c2)c1)O[C@H]1CN2CCC1CC2. The molecule has 3 aliphatic rings. The number of rotatable bonds is 14. The zero-order chi connectivity index (χ0) is 39.1. The van der Waals surface area contributed by atoms with Crippen LogP contribution in [0, 0.1) is 5.92 Å². The number of H-pyrrole nitrogens is 1. The average molecular weight is 765 g/mol. The van der Waals surface area contributed by atoms with Crippen molar-refractivity contribution in [1.29, 1.82) is 0 Å². The lowest BCUT2D eigenvalue weighted by atomic mass is 9.86. The van der Waals surface area contributed by atoms with Crippen molar-refractivity contribution in [2.24, 2.45) is 5.92 Å². The molecule has 0 aliphatic carbocycles. The summed E-state index contributed by atoms with van der Waals surface area (Å²) < 4.78 is 12.3. The van der Waals surface area contributed by atoms with Crippen molar-refractivity contribution < 1.29 is 24.5 Å². The number of aromatic hydroxyl groups is 1. The van der Waals surface area contributed by atoms with Crippen LogP contribution in [0.25, 0.3) is 22.0 Å². The number of pyridine rings is 1. The molecule has 1 unspecified atom stereocenters. The number of nitrogens with one attached hydrogen (secondary N) is 3. The van der Waals surface area contributed by atoms with E-state index in [1.54, 1.807) is 12.1 Å². The van der Waals surface area contributed by atoms with E-state index in [1.807, 2.05) is 60.7 Å². The second kappa shape index (κ2) is 17.5. The third-order valence-corrected chi connectivity index (χ3v) is 11.3. The van der Waals surface area contributed by atoms with Gasteiger partial charge in [0.1, 0.15) is 24.2 Å². The standard InChI is InChI=1S/C47H48N4O6/c52-41-18-16-39(40-17-19-44(54)49-46(40)41)42(53)28-48-23-20-31-12-14-33(15-13-31)36-9-4-6-32(26-36)30-56-38-11-5-10-37(27-38)45(35-7-2-1-3-8-35)50-47(55)57-43-29-51-24-21-34(43)22-25-51/h1-19,26-27,34,42-43,45,48,52-53H,20-25,28-30H2,(H,49,54)(H,50,55)/t42-,43-,45?/m0/s1. The van der Waals surface area contributed by atoms with E-state index >= 15 is 0 Å². The second-order valence-corrected chi connectivity index (χ2v) is 15.1. The predicted octanol–water partition coefficient (Wildman–Crippen LogP) is 7.26. The Kier molecular flexibility index (Phi) is 11.6. The minimum absolute atomic E-state index is 0.0291. The van der Waals surface area contributed by atoms with Crippen molar-refractivity contribution in [2.45, 2.75) is 44.1 Å². The zero-order valence-corrected chi connectivity index (χ0v) is 31.8. The van der Waals surface area contributed by atoms with Gasteiger partial charge in [0, 0.05) is 24.5 Å². The number of hydrogen-bond donors (Lipinski definition) is 5. The topological polar surface area (TPSA) is 136 Å². The number of aromatic amines is 1. The maximum atomic E-state index is 13.3. The number of ether oxygens (including phenoxy) is 2. The lowest BCUT2D eigenvalue weighted by molar-refractivity contribution is -0.0336. The molecule has 0 radical (unpaired) electrons. The van der Waals surface area contributed by atoms with Crippen LogP contribution >= 0.6 is 0 Å². The number of aliphatic hydroxyl groups is 1. The molecule has 4 heterocycles. The molecule has 0 saturated carbocycles. The summed E-state index contributed by atoms with van der Waals surface area (Å²) in [6.45, 7) is 4.37. The van der Waals surface area contributed by atoms with Crippen LogP contribution in [0.5, 0.6) is 11.5 Å². The Morgan fingerprint density at radius 3 is 2.40 bits per heavy atom. The summed E-state index contributed by atoms with van der Waals surface area (Å²) in [6, 6.07) is 40.4. The molecule has 10 heteroatoms. The Balaban J connectivity index is 0.853. The van der Waals surface area contributed by atoms with Crippen molar-refractivity contribution in [3.05, 3.63) is 166 Å². The Hall–Kier alpha value is -5.94. The van der Waals surface area contributed by atoms with E-state index in [9.17, 15) is 19.8 Å². The molecular formula is C47H48N4O6. The van der Waals surface area contributed by atoms with E-state index in [0.717, 1.165) is 66.7 Å². The number of carbonyl (C=O) groups is 1. The van der Waals surface area contributed by atoms with Gasteiger partial charge in [0.2, 0.25) is 5.56 Å². The highest BCUT2D eigenvalue weighted by atomic mass is 16.6. The van der Waals surface area contributed by atoms with Crippen molar-refractivity contribution in [3.8, 4) is 22.6 Å². The first-order valence-electron chi connectivity index (χ1n) is 19.8. The van der Waals surface area contributed by atoms with Crippen LogP contribution in [-0.4, -0.2) is 65.0 Å². The Morgan fingerprint density at radius 2 is 1.61 bits per heavy atom. The van der Waals surface area contributed by atoms with Crippen LogP contribution in [0.2, 0.25) is 0 Å². The van der Waals surface area contributed by atoms with Crippen LogP contribution in [0.1, 0.15) is 52.8 Å². The zero-order valence-electron chi connectivity index (χ0n) is 31.8. The molecule has 3 aliphatic heterocycles. The Labute approximate surface area is 332 Å². The fourth-order valence-corrected chi connectivity index (χ4v) is 8.12. The smallest absolute Gasteiger partial charge is 0.408 e. The highest BCUT2D eigenvalue weighted by molar-refractivity contribution is 5.87. The summed E-state index contributed by atoms with van der Waals surface area (Å²) in [5.74, 6) is 1.12. The maximum Gasteiger partial charge on any atom is 0.408 e. The highest BCUT2D eigenvalue weighted by Gasteiger charge is 2.37. The number of aromatic nitrogens is 1. The Morgan fingerprint density at radius 1 is 0.825 bits per heavy atom. The van der Waals surface area contributed by atoms with Crippen LogP contribution in [0.15, 0.2) is 132 Å². The van der Waals surface area contributed by atoms with E-state index < -0.39 is 18.2 Å². The summed E-state index contributed by atoms with van der Waals surface area (Å²) in [5, 5.41) is 28.1. The molecule has 6 aromatic rings. The molecule has 292 valence electrons. The first-order chi connectivity index (χ1) is 27.9.